The number of anilines is 1. The summed E-state index contributed by atoms with van der Waals surface area (Å²) in [6.07, 6.45) is 4.49. The lowest BCUT2D eigenvalue weighted by Gasteiger charge is -2.18. The van der Waals surface area contributed by atoms with Gasteiger partial charge in [0.2, 0.25) is 0 Å². The molecule has 0 aliphatic rings. The summed E-state index contributed by atoms with van der Waals surface area (Å²) in [5, 5.41) is 12.2. The van der Waals surface area contributed by atoms with E-state index in [1.54, 1.807) is 30.6 Å². The summed E-state index contributed by atoms with van der Waals surface area (Å²) >= 11 is 0. The Bertz CT molecular complexity index is 684. The van der Waals surface area contributed by atoms with Crippen LogP contribution in [-0.4, -0.2) is 23.9 Å². The molecule has 4 nitrogen and oxygen atoms in total. The molecule has 1 aromatic heterocycles. The minimum absolute atomic E-state index is 0.0126. The van der Waals surface area contributed by atoms with E-state index in [-0.39, 0.29) is 23.5 Å². The highest BCUT2D eigenvalue weighted by molar-refractivity contribution is 6.30. The van der Waals surface area contributed by atoms with E-state index in [2.05, 4.69) is 10.3 Å². The second kappa shape index (κ2) is 7.31. The van der Waals surface area contributed by atoms with Crippen molar-refractivity contribution in [1.82, 2.24) is 4.98 Å². The van der Waals surface area contributed by atoms with Crippen LogP contribution in [-0.2, 0) is 0 Å². The zero-order valence-electron chi connectivity index (χ0n) is 11.8. The molecule has 2 rings (SSSR count). The monoisotopic (exact) mass is 301 g/mol. The van der Waals surface area contributed by atoms with E-state index < -0.39 is 12.5 Å². The lowest BCUT2D eigenvalue weighted by molar-refractivity contribution is 0.517. The van der Waals surface area contributed by atoms with Crippen molar-refractivity contribution in [3.8, 4) is 0 Å². The van der Waals surface area contributed by atoms with Gasteiger partial charge in [-0.2, -0.15) is 6.20 Å². The first-order valence-electron chi connectivity index (χ1n) is 6.61. The molecule has 0 aliphatic carbocycles. The molecule has 0 bridgehead atoms. The Morgan fingerprint density at radius 3 is 2.68 bits per heavy atom. The van der Waals surface area contributed by atoms with Gasteiger partial charge in [-0.25, -0.2) is 4.39 Å². The van der Waals surface area contributed by atoms with Gasteiger partial charge in [-0.3, -0.25) is 14.8 Å². The number of nitrogens with zero attached hydrogens (tertiary/aromatic N) is 2. The van der Waals surface area contributed by atoms with Gasteiger partial charge in [-0.1, -0.05) is 6.07 Å². The van der Waals surface area contributed by atoms with Crippen LogP contribution in [0.3, 0.4) is 0 Å². The highest BCUT2D eigenvalue weighted by Gasteiger charge is 2.14. The molecule has 2 aromatic rings. The number of halogens is 2. The average molecular weight is 301 g/mol. The predicted molar refractivity (Wildman–Crippen MR) is 84.1 cm³/mol. The standard InChI is InChI=1S/C16H15F2N4/c17-6-9-22-10-13(11-4-7-21-8-5-11)16(20)12-2-1-3-14(19)15(12)18/h1-5,7-8,10,20H,6,9,19H2/q-1/b13-10-,20-16?. The zero-order valence-corrected chi connectivity index (χ0v) is 11.8. The van der Waals surface area contributed by atoms with Crippen molar-refractivity contribution in [1.29, 1.82) is 5.41 Å². The molecule has 0 aliphatic heterocycles. The van der Waals surface area contributed by atoms with Crippen LogP contribution in [0, 0.1) is 11.2 Å². The Balaban J connectivity index is 2.43. The molecule has 0 saturated heterocycles. The molecule has 22 heavy (non-hydrogen) atoms. The molecule has 1 heterocycles. The van der Waals surface area contributed by atoms with Crippen LogP contribution in [0.4, 0.5) is 14.5 Å². The van der Waals surface area contributed by atoms with Gasteiger partial charge in [0.05, 0.1) is 18.1 Å². The maximum atomic E-state index is 14.1. The van der Waals surface area contributed by atoms with Gasteiger partial charge in [0.25, 0.3) is 0 Å². The Morgan fingerprint density at radius 2 is 2.00 bits per heavy atom. The van der Waals surface area contributed by atoms with Crippen molar-refractivity contribution in [3.63, 3.8) is 0 Å². The fraction of sp³-hybridized carbons (Fsp3) is 0.125. The third-order valence-corrected chi connectivity index (χ3v) is 2.99. The number of hydrogen-bond donors (Lipinski definition) is 2. The van der Waals surface area contributed by atoms with E-state index in [9.17, 15) is 8.78 Å². The molecule has 0 saturated carbocycles. The third-order valence-electron chi connectivity index (χ3n) is 2.99. The molecule has 0 fully saturated rings. The van der Waals surface area contributed by atoms with Gasteiger partial charge in [-0.05, 0) is 35.4 Å². The number of allylic oxidation sites excluding steroid dienone is 1. The van der Waals surface area contributed by atoms with E-state index in [1.165, 1.54) is 18.3 Å². The Labute approximate surface area is 127 Å². The van der Waals surface area contributed by atoms with E-state index >= 15 is 0 Å². The maximum Gasteiger partial charge on any atom is 0.155 e. The summed E-state index contributed by atoms with van der Waals surface area (Å²) in [6, 6.07) is 7.82. The molecule has 0 spiro atoms. The van der Waals surface area contributed by atoms with Crippen molar-refractivity contribution >= 4 is 17.0 Å². The van der Waals surface area contributed by atoms with Crippen molar-refractivity contribution in [3.05, 3.63) is 71.2 Å². The maximum absolute atomic E-state index is 14.1. The Hall–Kier alpha value is -2.76. The molecule has 1 aromatic carbocycles. The summed E-state index contributed by atoms with van der Waals surface area (Å²) < 4.78 is 26.3. The largest absolute Gasteiger partial charge is 0.688 e. The molecule has 0 amide bonds. The quantitative estimate of drug-likeness (QED) is 0.486. The summed E-state index contributed by atoms with van der Waals surface area (Å²) in [6.45, 7) is -0.610. The normalized spacial score (nSPS) is 11.3. The predicted octanol–water partition coefficient (Wildman–Crippen LogP) is 3.56. The fourth-order valence-electron chi connectivity index (χ4n) is 1.91. The van der Waals surface area contributed by atoms with E-state index in [0.29, 0.717) is 11.1 Å². The van der Waals surface area contributed by atoms with Crippen molar-refractivity contribution in [2.24, 2.45) is 0 Å². The van der Waals surface area contributed by atoms with Crippen molar-refractivity contribution < 1.29 is 8.78 Å². The number of benzene rings is 1. The smallest absolute Gasteiger partial charge is 0.155 e. The molecule has 3 N–H and O–H groups in total. The molecule has 6 heteroatoms. The lowest BCUT2D eigenvalue weighted by atomic mass is 9.96. The molecular weight excluding hydrogens is 286 g/mol. The number of nitrogens with one attached hydrogen (secondary N) is 1. The lowest BCUT2D eigenvalue weighted by Crippen LogP contribution is -2.08. The van der Waals surface area contributed by atoms with Crippen LogP contribution in [0.2, 0.25) is 0 Å². The van der Waals surface area contributed by atoms with E-state index in [4.69, 9.17) is 11.1 Å². The number of aromatic nitrogens is 1. The number of rotatable bonds is 6. The number of hydrogen-bond acceptors (Lipinski definition) is 3. The van der Waals surface area contributed by atoms with Gasteiger partial charge in [0.15, 0.2) is 5.82 Å². The van der Waals surface area contributed by atoms with Gasteiger partial charge in [0.1, 0.15) is 0 Å². The second-order valence-corrected chi connectivity index (χ2v) is 4.46. The summed E-state index contributed by atoms with van der Waals surface area (Å²) in [4.78, 5) is 3.91. The van der Waals surface area contributed by atoms with Crippen LogP contribution in [0.15, 0.2) is 48.9 Å². The van der Waals surface area contributed by atoms with Gasteiger partial charge in [0, 0.05) is 18.0 Å². The van der Waals surface area contributed by atoms with Crippen LogP contribution in [0.25, 0.3) is 10.9 Å². The molecule has 0 radical (unpaired) electrons. The van der Waals surface area contributed by atoms with Crippen LogP contribution in [0.1, 0.15) is 11.1 Å². The van der Waals surface area contributed by atoms with E-state index in [1.807, 2.05) is 0 Å². The zero-order chi connectivity index (χ0) is 15.9. The topological polar surface area (TPSA) is 76.9 Å². The SMILES string of the molecule is N=C(/C(=C\[N-]CCF)c1ccncc1)c1cccc(N)c1F. The first kappa shape index (κ1) is 15.6. The molecular formula is C16H15F2N4-. The van der Waals surface area contributed by atoms with Crippen molar-refractivity contribution in [2.45, 2.75) is 0 Å². The van der Waals surface area contributed by atoms with Gasteiger partial charge >= 0.3 is 0 Å². The number of alkyl halides is 1. The first-order chi connectivity index (χ1) is 10.6. The van der Waals surface area contributed by atoms with Crippen molar-refractivity contribution in [2.75, 3.05) is 19.0 Å². The van der Waals surface area contributed by atoms with Crippen LogP contribution >= 0.6 is 0 Å². The average Bonchev–Trinajstić information content (AvgIpc) is 2.54. The highest BCUT2D eigenvalue weighted by atomic mass is 19.1. The number of pyridine rings is 1. The summed E-state index contributed by atoms with van der Waals surface area (Å²) in [5.41, 5.74) is 6.53. The Kier molecular flexibility index (Phi) is 5.19. The second-order valence-electron chi connectivity index (χ2n) is 4.46. The van der Waals surface area contributed by atoms with Crippen LogP contribution < -0.4 is 5.73 Å². The summed E-state index contributed by atoms with van der Waals surface area (Å²) in [5.74, 6) is -0.655. The van der Waals surface area contributed by atoms with Gasteiger partial charge < -0.3 is 11.1 Å². The van der Waals surface area contributed by atoms with E-state index in [0.717, 1.165) is 0 Å². The summed E-state index contributed by atoms with van der Waals surface area (Å²) in [7, 11) is 0. The minimum atomic E-state index is -0.655. The number of nitrogen functional groups attached to an aromatic ring is 1. The first-order valence-corrected chi connectivity index (χ1v) is 6.61. The highest BCUT2D eigenvalue weighted by Crippen LogP contribution is 2.24. The Morgan fingerprint density at radius 1 is 1.27 bits per heavy atom. The number of nitrogens with two attached hydrogens (primary N) is 1. The third kappa shape index (κ3) is 3.46. The fourth-order valence-corrected chi connectivity index (χ4v) is 1.91. The molecule has 0 unspecified atom stereocenters. The van der Waals surface area contributed by atoms with Gasteiger partial charge in [-0.15, -0.1) is 6.54 Å². The van der Waals surface area contributed by atoms with Crippen LogP contribution in [0.5, 0.6) is 0 Å². The molecule has 0 atom stereocenters. The minimum Gasteiger partial charge on any atom is -0.688 e. The molecule has 114 valence electrons.